The van der Waals surface area contributed by atoms with Gasteiger partial charge >= 0.3 is 0 Å². The molecule has 0 amide bonds. The standard InChI is InChI=1S/C12H18N2O/c1-12(15,7-9-3-2-4-9)10-8-14-6-5-11(10)13/h5-6,8-9,15H,2-4,7H2,1H3,(H2,13,14). The molecule has 1 unspecified atom stereocenters. The molecule has 3 nitrogen and oxygen atoms in total. The Morgan fingerprint density at radius 2 is 2.33 bits per heavy atom. The van der Waals surface area contributed by atoms with Gasteiger partial charge in [0.1, 0.15) is 0 Å². The first kappa shape index (κ1) is 10.4. The highest BCUT2D eigenvalue weighted by molar-refractivity contribution is 5.47. The van der Waals surface area contributed by atoms with Crippen LogP contribution in [0.15, 0.2) is 18.5 Å². The van der Waals surface area contributed by atoms with Crippen molar-refractivity contribution in [3.63, 3.8) is 0 Å². The van der Waals surface area contributed by atoms with Crippen LogP contribution >= 0.6 is 0 Å². The van der Waals surface area contributed by atoms with Gasteiger partial charge in [-0.3, -0.25) is 4.98 Å². The number of nitrogen functional groups attached to an aromatic ring is 1. The van der Waals surface area contributed by atoms with E-state index in [1.165, 1.54) is 19.3 Å². The number of rotatable bonds is 3. The lowest BCUT2D eigenvalue weighted by Crippen LogP contribution is -2.29. The summed E-state index contributed by atoms with van der Waals surface area (Å²) in [7, 11) is 0. The molecule has 0 saturated heterocycles. The third kappa shape index (κ3) is 2.12. The van der Waals surface area contributed by atoms with E-state index in [-0.39, 0.29) is 0 Å². The van der Waals surface area contributed by atoms with Gasteiger partial charge in [-0.1, -0.05) is 19.3 Å². The maximum absolute atomic E-state index is 10.4. The molecule has 3 heteroatoms. The molecule has 1 saturated carbocycles. The summed E-state index contributed by atoms with van der Waals surface area (Å²) < 4.78 is 0. The normalized spacial score (nSPS) is 20.7. The minimum absolute atomic E-state index is 0.634. The fourth-order valence-electron chi connectivity index (χ4n) is 2.22. The minimum Gasteiger partial charge on any atom is -0.398 e. The minimum atomic E-state index is -0.830. The molecule has 0 aliphatic heterocycles. The lowest BCUT2D eigenvalue weighted by atomic mass is 9.76. The molecule has 1 heterocycles. The topological polar surface area (TPSA) is 59.1 Å². The zero-order valence-electron chi connectivity index (χ0n) is 9.11. The zero-order chi connectivity index (χ0) is 10.9. The van der Waals surface area contributed by atoms with Gasteiger partial charge in [-0.2, -0.15) is 0 Å². The van der Waals surface area contributed by atoms with E-state index in [0.717, 1.165) is 12.0 Å². The molecule has 1 aliphatic carbocycles. The van der Waals surface area contributed by atoms with Gasteiger partial charge in [0.25, 0.3) is 0 Å². The highest BCUT2D eigenvalue weighted by Crippen LogP contribution is 2.39. The van der Waals surface area contributed by atoms with E-state index >= 15 is 0 Å². The summed E-state index contributed by atoms with van der Waals surface area (Å²) in [6.45, 7) is 1.83. The number of nitrogens with zero attached hydrogens (tertiary/aromatic N) is 1. The number of aliphatic hydroxyl groups is 1. The first-order chi connectivity index (χ1) is 7.09. The van der Waals surface area contributed by atoms with E-state index in [1.807, 2.05) is 6.92 Å². The summed E-state index contributed by atoms with van der Waals surface area (Å²) in [5.74, 6) is 0.652. The van der Waals surface area contributed by atoms with Gasteiger partial charge in [-0.05, 0) is 25.3 Å². The molecule has 0 aromatic carbocycles. The van der Waals surface area contributed by atoms with E-state index in [0.29, 0.717) is 11.6 Å². The van der Waals surface area contributed by atoms with Crippen LogP contribution in [0.5, 0.6) is 0 Å². The Morgan fingerprint density at radius 3 is 2.87 bits per heavy atom. The zero-order valence-corrected chi connectivity index (χ0v) is 9.11. The van der Waals surface area contributed by atoms with Crippen molar-refractivity contribution in [3.8, 4) is 0 Å². The number of hydrogen-bond acceptors (Lipinski definition) is 3. The van der Waals surface area contributed by atoms with Crippen molar-refractivity contribution in [1.82, 2.24) is 4.98 Å². The van der Waals surface area contributed by atoms with Crippen molar-refractivity contribution in [1.29, 1.82) is 0 Å². The molecule has 1 atom stereocenters. The van der Waals surface area contributed by atoms with Crippen molar-refractivity contribution in [2.75, 3.05) is 5.73 Å². The van der Waals surface area contributed by atoms with Crippen molar-refractivity contribution in [2.45, 2.75) is 38.2 Å². The number of anilines is 1. The molecule has 0 radical (unpaired) electrons. The molecule has 82 valence electrons. The van der Waals surface area contributed by atoms with Crippen LogP contribution in [0.4, 0.5) is 5.69 Å². The number of aromatic nitrogens is 1. The monoisotopic (exact) mass is 206 g/mol. The largest absolute Gasteiger partial charge is 0.398 e. The molecule has 1 aromatic rings. The molecule has 1 aromatic heterocycles. The summed E-state index contributed by atoms with van der Waals surface area (Å²) in [5, 5.41) is 10.4. The Hall–Kier alpha value is -1.09. The fourth-order valence-corrected chi connectivity index (χ4v) is 2.22. The van der Waals surface area contributed by atoms with Crippen LogP contribution in [0.3, 0.4) is 0 Å². The number of hydrogen-bond donors (Lipinski definition) is 2. The van der Waals surface area contributed by atoms with Crippen LogP contribution in [0, 0.1) is 5.92 Å². The fraction of sp³-hybridized carbons (Fsp3) is 0.583. The van der Waals surface area contributed by atoms with Crippen LogP contribution < -0.4 is 5.73 Å². The number of pyridine rings is 1. The maximum Gasteiger partial charge on any atom is 0.0906 e. The highest BCUT2D eigenvalue weighted by atomic mass is 16.3. The van der Waals surface area contributed by atoms with E-state index in [2.05, 4.69) is 4.98 Å². The van der Waals surface area contributed by atoms with Gasteiger partial charge in [-0.15, -0.1) is 0 Å². The van der Waals surface area contributed by atoms with Crippen molar-refractivity contribution < 1.29 is 5.11 Å². The molecule has 1 fully saturated rings. The third-order valence-electron chi connectivity index (χ3n) is 3.35. The molecule has 15 heavy (non-hydrogen) atoms. The first-order valence-electron chi connectivity index (χ1n) is 5.52. The highest BCUT2D eigenvalue weighted by Gasteiger charge is 2.31. The lowest BCUT2D eigenvalue weighted by Gasteiger charge is -2.34. The maximum atomic E-state index is 10.4. The number of nitrogens with two attached hydrogens (primary N) is 1. The third-order valence-corrected chi connectivity index (χ3v) is 3.35. The van der Waals surface area contributed by atoms with Crippen molar-refractivity contribution >= 4 is 5.69 Å². The SMILES string of the molecule is CC(O)(CC1CCC1)c1cnccc1N. The van der Waals surface area contributed by atoms with E-state index < -0.39 is 5.60 Å². The Balaban J connectivity index is 2.16. The molecular weight excluding hydrogens is 188 g/mol. The van der Waals surface area contributed by atoms with Crippen LogP contribution in [0.2, 0.25) is 0 Å². The summed E-state index contributed by atoms with van der Waals surface area (Å²) in [6.07, 6.45) is 7.88. The smallest absolute Gasteiger partial charge is 0.0906 e. The van der Waals surface area contributed by atoms with Gasteiger partial charge < -0.3 is 10.8 Å². The van der Waals surface area contributed by atoms with E-state index in [4.69, 9.17) is 5.73 Å². The van der Waals surface area contributed by atoms with Crippen LogP contribution in [0.1, 0.15) is 38.2 Å². The second-order valence-corrected chi connectivity index (χ2v) is 4.74. The molecule has 0 spiro atoms. The summed E-state index contributed by atoms with van der Waals surface area (Å²) >= 11 is 0. The predicted molar refractivity (Wildman–Crippen MR) is 60.2 cm³/mol. The predicted octanol–water partition coefficient (Wildman–Crippen LogP) is 2.06. The Bertz CT molecular complexity index is 345. The summed E-state index contributed by atoms with van der Waals surface area (Å²) in [5.41, 5.74) is 6.41. The lowest BCUT2D eigenvalue weighted by molar-refractivity contribution is 0.0165. The molecule has 3 N–H and O–H groups in total. The van der Waals surface area contributed by atoms with Gasteiger partial charge in [0, 0.05) is 23.6 Å². The van der Waals surface area contributed by atoms with Gasteiger partial charge in [0.15, 0.2) is 0 Å². The van der Waals surface area contributed by atoms with E-state index in [1.54, 1.807) is 18.5 Å². The first-order valence-corrected chi connectivity index (χ1v) is 5.52. The second kappa shape index (κ2) is 3.81. The Labute approximate surface area is 90.3 Å². The molecular formula is C12H18N2O. The Morgan fingerprint density at radius 1 is 1.60 bits per heavy atom. The van der Waals surface area contributed by atoms with Crippen molar-refractivity contribution in [3.05, 3.63) is 24.0 Å². The summed E-state index contributed by atoms with van der Waals surface area (Å²) in [4.78, 5) is 4.02. The van der Waals surface area contributed by atoms with Crippen LogP contribution in [-0.2, 0) is 5.60 Å². The van der Waals surface area contributed by atoms with Gasteiger partial charge in [-0.25, -0.2) is 0 Å². The summed E-state index contributed by atoms with van der Waals surface area (Å²) in [6, 6.07) is 1.74. The van der Waals surface area contributed by atoms with Gasteiger partial charge in [0.05, 0.1) is 5.60 Å². The molecule has 1 aliphatic rings. The van der Waals surface area contributed by atoms with Crippen LogP contribution in [0.25, 0.3) is 0 Å². The molecule has 2 rings (SSSR count). The van der Waals surface area contributed by atoms with E-state index in [9.17, 15) is 5.11 Å². The van der Waals surface area contributed by atoms with Crippen LogP contribution in [-0.4, -0.2) is 10.1 Å². The van der Waals surface area contributed by atoms with Crippen molar-refractivity contribution in [2.24, 2.45) is 5.92 Å². The Kier molecular flexibility index (Phi) is 2.65. The quantitative estimate of drug-likeness (QED) is 0.795. The average molecular weight is 206 g/mol. The average Bonchev–Trinajstić information content (AvgIpc) is 2.12. The molecule has 0 bridgehead atoms. The second-order valence-electron chi connectivity index (χ2n) is 4.74. The van der Waals surface area contributed by atoms with Gasteiger partial charge in [0.2, 0.25) is 0 Å².